The number of aliphatic hydroxyl groups excluding tert-OH is 1. The first-order valence-corrected chi connectivity index (χ1v) is 9.34. The van der Waals surface area contributed by atoms with Gasteiger partial charge in [-0.1, -0.05) is 11.6 Å². The van der Waals surface area contributed by atoms with Gasteiger partial charge in [-0.3, -0.25) is 0 Å². The molecule has 2 aromatic heterocycles. The van der Waals surface area contributed by atoms with Gasteiger partial charge in [-0.15, -0.1) is 46.7 Å². The lowest BCUT2D eigenvalue weighted by atomic mass is 10.3. The van der Waals surface area contributed by atoms with Crippen LogP contribution in [0.5, 0.6) is 0 Å². The Morgan fingerprint density at radius 2 is 2.12 bits per heavy atom. The number of thiazole rings is 1. The predicted molar refractivity (Wildman–Crippen MR) is 110 cm³/mol. The quantitative estimate of drug-likeness (QED) is 0.291. The Kier molecular flexibility index (Phi) is 9.58. The molecule has 0 aliphatic heterocycles. The van der Waals surface area contributed by atoms with Crippen molar-refractivity contribution >= 4 is 64.2 Å². The maximum Gasteiger partial charge on any atom is 0.434 e. The summed E-state index contributed by atoms with van der Waals surface area (Å²) in [7, 11) is 0. The average molecular weight is 541 g/mol. The van der Waals surface area contributed by atoms with Gasteiger partial charge < -0.3 is 15.7 Å². The molecule has 0 radical (unpaired) electrons. The second-order valence-electron chi connectivity index (χ2n) is 4.86. The van der Waals surface area contributed by atoms with Gasteiger partial charge in [0.25, 0.3) is 0 Å². The normalized spacial score (nSPS) is 13.2. The van der Waals surface area contributed by atoms with E-state index in [9.17, 15) is 18.3 Å². The minimum Gasteiger partial charge on any atom is -0.386 e. The molecule has 5 nitrogen and oxygen atoms in total. The fourth-order valence-corrected chi connectivity index (χ4v) is 3.57. The lowest BCUT2D eigenvalue weighted by Crippen LogP contribution is -2.39. The molecule has 26 heavy (non-hydrogen) atoms. The molecule has 0 saturated carbocycles. The summed E-state index contributed by atoms with van der Waals surface area (Å²) in [5.74, 6) is 0.382. The molecule has 0 spiro atoms. The Morgan fingerprint density at radius 3 is 2.65 bits per heavy atom. The molecule has 2 aromatic rings. The minimum atomic E-state index is -4.45. The van der Waals surface area contributed by atoms with Crippen molar-refractivity contribution in [1.29, 1.82) is 0 Å². The van der Waals surface area contributed by atoms with E-state index in [0.29, 0.717) is 21.7 Å². The number of rotatable bonds is 6. The first-order chi connectivity index (χ1) is 11.8. The van der Waals surface area contributed by atoms with Crippen molar-refractivity contribution < 1.29 is 18.3 Å². The number of hydrogen-bond donors (Lipinski definition) is 3. The van der Waals surface area contributed by atoms with Crippen LogP contribution in [0, 0.1) is 0 Å². The van der Waals surface area contributed by atoms with E-state index in [0.717, 1.165) is 16.7 Å². The lowest BCUT2D eigenvalue weighted by Gasteiger charge is -2.14. The third-order valence-electron chi connectivity index (χ3n) is 2.94. The van der Waals surface area contributed by atoms with Gasteiger partial charge in [-0.2, -0.15) is 13.2 Å². The first-order valence-electron chi connectivity index (χ1n) is 7.26. The number of aliphatic imine (C=N–C) groups is 1. The molecule has 0 aromatic carbocycles. The van der Waals surface area contributed by atoms with E-state index in [1.165, 1.54) is 11.3 Å². The highest BCUT2D eigenvalue weighted by molar-refractivity contribution is 14.0. The zero-order valence-electron chi connectivity index (χ0n) is 13.5. The van der Waals surface area contributed by atoms with Crippen molar-refractivity contribution in [2.45, 2.75) is 25.7 Å². The summed E-state index contributed by atoms with van der Waals surface area (Å²) >= 11 is 8.01. The number of nitrogens with one attached hydrogen (secondary N) is 2. The van der Waals surface area contributed by atoms with Crippen LogP contribution >= 0.6 is 58.3 Å². The van der Waals surface area contributed by atoms with Crippen LogP contribution in [0.3, 0.4) is 0 Å². The van der Waals surface area contributed by atoms with Gasteiger partial charge in [0, 0.05) is 23.3 Å². The molecule has 1 unspecified atom stereocenters. The molecule has 2 rings (SSSR count). The largest absolute Gasteiger partial charge is 0.434 e. The minimum absolute atomic E-state index is 0. The molecule has 0 amide bonds. The smallest absolute Gasteiger partial charge is 0.386 e. The fourth-order valence-electron chi connectivity index (χ4n) is 1.80. The van der Waals surface area contributed by atoms with Gasteiger partial charge in [-0.05, 0) is 19.1 Å². The van der Waals surface area contributed by atoms with E-state index < -0.39 is 18.0 Å². The summed E-state index contributed by atoms with van der Waals surface area (Å²) in [5, 5.41) is 17.2. The third-order valence-corrected chi connectivity index (χ3v) is 5.11. The zero-order chi connectivity index (χ0) is 18.4. The highest BCUT2D eigenvalue weighted by Gasteiger charge is 2.33. The van der Waals surface area contributed by atoms with Gasteiger partial charge in [0.1, 0.15) is 11.1 Å². The summed E-state index contributed by atoms with van der Waals surface area (Å²) in [6, 6.07) is 3.43. The van der Waals surface area contributed by atoms with Gasteiger partial charge in [-0.25, -0.2) is 9.98 Å². The molecule has 0 aliphatic carbocycles. The van der Waals surface area contributed by atoms with E-state index >= 15 is 0 Å². The molecule has 0 fully saturated rings. The Morgan fingerprint density at radius 1 is 1.38 bits per heavy atom. The summed E-state index contributed by atoms with van der Waals surface area (Å²) in [6.45, 7) is 2.63. The first kappa shape index (κ1) is 23.4. The summed E-state index contributed by atoms with van der Waals surface area (Å²) < 4.78 is 38.2. The second kappa shape index (κ2) is 10.6. The lowest BCUT2D eigenvalue weighted by molar-refractivity contribution is -0.140. The van der Waals surface area contributed by atoms with E-state index in [1.54, 1.807) is 12.1 Å². The van der Waals surface area contributed by atoms with Crippen molar-refractivity contribution in [2.75, 3.05) is 13.1 Å². The van der Waals surface area contributed by atoms with Gasteiger partial charge in [0.15, 0.2) is 11.7 Å². The van der Waals surface area contributed by atoms with Crippen LogP contribution in [0.25, 0.3) is 0 Å². The van der Waals surface area contributed by atoms with Crippen LogP contribution in [-0.2, 0) is 12.7 Å². The molecular formula is C14H17ClF3IN4OS2. The monoisotopic (exact) mass is 540 g/mol. The molecule has 12 heteroatoms. The molecule has 0 aliphatic rings. The van der Waals surface area contributed by atoms with Crippen LogP contribution in [0.1, 0.15) is 28.6 Å². The topological polar surface area (TPSA) is 69.5 Å². The highest BCUT2D eigenvalue weighted by atomic mass is 127. The SMILES string of the molecule is CCNC(=NCc1nc(C(F)(F)F)cs1)NCC(O)c1ccc(Cl)s1.I. The second-order valence-corrected chi connectivity index (χ2v) is 7.55. The maximum atomic E-state index is 12.5. The Labute approximate surface area is 178 Å². The molecule has 0 saturated heterocycles. The maximum absolute atomic E-state index is 12.5. The number of hydrogen-bond acceptors (Lipinski definition) is 5. The highest BCUT2D eigenvalue weighted by Crippen LogP contribution is 2.30. The summed E-state index contributed by atoms with van der Waals surface area (Å²) in [5.41, 5.74) is -0.911. The van der Waals surface area contributed by atoms with Crippen LogP contribution in [-0.4, -0.2) is 29.1 Å². The van der Waals surface area contributed by atoms with Crippen LogP contribution < -0.4 is 10.6 Å². The number of thiophene rings is 1. The Bertz CT molecular complexity index is 723. The molecule has 1 atom stereocenters. The predicted octanol–water partition coefficient (Wildman–Crippen LogP) is 4.28. The van der Waals surface area contributed by atoms with Crippen molar-refractivity contribution in [3.63, 3.8) is 0 Å². The van der Waals surface area contributed by atoms with Crippen molar-refractivity contribution in [3.8, 4) is 0 Å². The van der Waals surface area contributed by atoms with Crippen LogP contribution in [0.2, 0.25) is 4.34 Å². The molecule has 0 bridgehead atoms. The standard InChI is InChI=1S/C14H16ClF3N4OS2.HI/c1-2-19-13(20-5-8(23)9-3-4-11(15)25-9)21-6-12-22-10(7-24-12)14(16,17)18;/h3-4,7-8,23H,2,5-6H2,1H3,(H2,19,20,21);1H. The molecular weight excluding hydrogens is 524 g/mol. The van der Waals surface area contributed by atoms with Crippen LogP contribution in [0.4, 0.5) is 13.2 Å². The van der Waals surface area contributed by atoms with Crippen LogP contribution in [0.15, 0.2) is 22.5 Å². The number of aromatic nitrogens is 1. The Balaban J connectivity index is 0.00000338. The van der Waals surface area contributed by atoms with Gasteiger partial charge in [0.05, 0.1) is 10.9 Å². The number of aliphatic hydroxyl groups is 1. The van der Waals surface area contributed by atoms with E-state index in [4.69, 9.17) is 11.6 Å². The molecule has 3 N–H and O–H groups in total. The number of alkyl halides is 3. The molecule has 146 valence electrons. The number of nitrogens with zero attached hydrogens (tertiary/aromatic N) is 2. The fraction of sp³-hybridized carbons (Fsp3) is 0.429. The third kappa shape index (κ3) is 7.18. The number of halogens is 5. The van der Waals surface area contributed by atoms with Crippen molar-refractivity contribution in [1.82, 2.24) is 15.6 Å². The number of guanidine groups is 1. The Hall–Kier alpha value is -0.630. The van der Waals surface area contributed by atoms with Gasteiger partial charge >= 0.3 is 6.18 Å². The van der Waals surface area contributed by atoms with Crippen molar-refractivity contribution in [3.05, 3.63) is 37.4 Å². The summed E-state index contributed by atoms with van der Waals surface area (Å²) in [4.78, 5) is 8.43. The van der Waals surface area contributed by atoms with E-state index in [1.807, 2.05) is 6.92 Å². The average Bonchev–Trinajstić information content (AvgIpc) is 3.18. The van der Waals surface area contributed by atoms with E-state index in [2.05, 4.69) is 20.6 Å². The zero-order valence-corrected chi connectivity index (χ0v) is 18.2. The summed E-state index contributed by atoms with van der Waals surface area (Å²) in [6.07, 6.45) is -5.22. The van der Waals surface area contributed by atoms with Gasteiger partial charge in [0.2, 0.25) is 0 Å². The van der Waals surface area contributed by atoms with E-state index in [-0.39, 0.29) is 42.1 Å². The van der Waals surface area contributed by atoms with Crippen molar-refractivity contribution in [2.24, 2.45) is 4.99 Å². The molecule has 2 heterocycles.